The number of furan rings is 1. The summed E-state index contributed by atoms with van der Waals surface area (Å²) in [7, 11) is 0. The average molecular weight is 262 g/mol. The van der Waals surface area contributed by atoms with Crippen LogP contribution in [-0.2, 0) is 5.75 Å². The highest BCUT2D eigenvalue weighted by atomic mass is 32.2. The Labute approximate surface area is 110 Å². The first-order valence-electron chi connectivity index (χ1n) is 5.58. The van der Waals surface area contributed by atoms with E-state index in [1.165, 1.54) is 34.5 Å². The molecule has 1 aromatic carbocycles. The summed E-state index contributed by atoms with van der Waals surface area (Å²) in [6, 6.07) is 9.49. The van der Waals surface area contributed by atoms with Crippen molar-refractivity contribution in [2.45, 2.75) is 24.7 Å². The van der Waals surface area contributed by atoms with Crippen LogP contribution in [0.5, 0.6) is 0 Å². The molecular weight excluding hydrogens is 248 g/mol. The molecule has 0 aliphatic rings. The molecule has 94 valence electrons. The highest BCUT2D eigenvalue weighted by molar-refractivity contribution is 7.98. The Kier molecular flexibility index (Phi) is 3.77. The quantitative estimate of drug-likeness (QED) is 0.849. The summed E-state index contributed by atoms with van der Waals surface area (Å²) >= 11 is 1.50. The van der Waals surface area contributed by atoms with Gasteiger partial charge in [0.2, 0.25) is 5.76 Å². The van der Waals surface area contributed by atoms with Gasteiger partial charge in [0, 0.05) is 5.75 Å². The van der Waals surface area contributed by atoms with Gasteiger partial charge in [-0.05, 0) is 37.1 Å². The lowest BCUT2D eigenvalue weighted by atomic mass is 10.1. The lowest BCUT2D eigenvalue weighted by Crippen LogP contribution is -1.91. The molecule has 0 amide bonds. The van der Waals surface area contributed by atoms with Crippen LogP contribution in [0, 0.1) is 13.8 Å². The van der Waals surface area contributed by atoms with Gasteiger partial charge in [-0.2, -0.15) is 0 Å². The third-order valence-corrected chi connectivity index (χ3v) is 3.63. The molecular formula is C14H14O3S. The standard InChI is InChI=1S/C14H14O3S/c1-9-3-4-10(2)11(7-9)8-18-13-6-5-12(17-13)14(15)16/h3-7H,8H2,1-2H3,(H,15,16). The van der Waals surface area contributed by atoms with Gasteiger partial charge in [-0.15, -0.1) is 0 Å². The third-order valence-electron chi connectivity index (χ3n) is 2.67. The van der Waals surface area contributed by atoms with E-state index in [-0.39, 0.29) is 5.76 Å². The Bertz CT molecular complexity index is 572. The second kappa shape index (κ2) is 5.31. The van der Waals surface area contributed by atoms with Crippen molar-refractivity contribution in [3.63, 3.8) is 0 Å². The fraction of sp³-hybridized carbons (Fsp3) is 0.214. The normalized spacial score (nSPS) is 10.6. The van der Waals surface area contributed by atoms with Gasteiger partial charge in [0.1, 0.15) is 0 Å². The van der Waals surface area contributed by atoms with Gasteiger partial charge in [-0.1, -0.05) is 35.5 Å². The first kappa shape index (κ1) is 12.8. The van der Waals surface area contributed by atoms with Crippen molar-refractivity contribution in [2.24, 2.45) is 0 Å². The molecule has 18 heavy (non-hydrogen) atoms. The highest BCUT2D eigenvalue weighted by Crippen LogP contribution is 2.26. The molecule has 0 spiro atoms. The summed E-state index contributed by atoms with van der Waals surface area (Å²) in [5, 5.41) is 9.39. The monoisotopic (exact) mass is 262 g/mol. The Morgan fingerprint density at radius 3 is 2.72 bits per heavy atom. The molecule has 0 fully saturated rings. The molecule has 0 saturated heterocycles. The van der Waals surface area contributed by atoms with Gasteiger partial charge in [0.15, 0.2) is 5.09 Å². The minimum absolute atomic E-state index is 0.0153. The second-order valence-electron chi connectivity index (χ2n) is 4.14. The van der Waals surface area contributed by atoms with Gasteiger partial charge >= 0.3 is 5.97 Å². The summed E-state index contributed by atoms with van der Waals surface area (Å²) in [4.78, 5) is 10.7. The minimum atomic E-state index is -1.03. The summed E-state index contributed by atoms with van der Waals surface area (Å²) in [5.74, 6) is -0.271. The van der Waals surface area contributed by atoms with Crippen LogP contribution in [0.4, 0.5) is 0 Å². The van der Waals surface area contributed by atoms with Crippen molar-refractivity contribution in [3.05, 3.63) is 52.8 Å². The third kappa shape index (κ3) is 2.96. The molecule has 2 aromatic rings. The number of carboxylic acids is 1. The zero-order chi connectivity index (χ0) is 13.1. The van der Waals surface area contributed by atoms with Crippen molar-refractivity contribution in [1.82, 2.24) is 0 Å². The number of hydrogen-bond donors (Lipinski definition) is 1. The number of thioether (sulfide) groups is 1. The Hall–Kier alpha value is -1.68. The van der Waals surface area contributed by atoms with E-state index in [0.717, 1.165) is 5.75 Å². The maximum atomic E-state index is 10.7. The molecule has 0 radical (unpaired) electrons. The molecule has 0 aliphatic carbocycles. The highest BCUT2D eigenvalue weighted by Gasteiger charge is 2.09. The average Bonchev–Trinajstić information content (AvgIpc) is 2.79. The van der Waals surface area contributed by atoms with E-state index in [1.807, 2.05) is 0 Å². The predicted molar refractivity (Wildman–Crippen MR) is 71.1 cm³/mol. The molecule has 2 rings (SSSR count). The van der Waals surface area contributed by atoms with Crippen LogP contribution in [0.25, 0.3) is 0 Å². The van der Waals surface area contributed by atoms with Crippen molar-refractivity contribution in [3.8, 4) is 0 Å². The van der Waals surface area contributed by atoms with E-state index in [0.29, 0.717) is 5.09 Å². The van der Waals surface area contributed by atoms with E-state index < -0.39 is 5.97 Å². The van der Waals surface area contributed by atoms with Crippen LogP contribution >= 0.6 is 11.8 Å². The van der Waals surface area contributed by atoms with Crippen molar-refractivity contribution in [2.75, 3.05) is 0 Å². The van der Waals surface area contributed by atoms with Gasteiger partial charge in [0.05, 0.1) is 0 Å². The molecule has 4 heteroatoms. The maximum Gasteiger partial charge on any atom is 0.371 e. The fourth-order valence-electron chi connectivity index (χ4n) is 1.62. The first-order valence-corrected chi connectivity index (χ1v) is 6.57. The minimum Gasteiger partial charge on any atom is -0.475 e. The van der Waals surface area contributed by atoms with Crippen LogP contribution < -0.4 is 0 Å². The fourth-order valence-corrected chi connectivity index (χ4v) is 2.54. The van der Waals surface area contributed by atoms with Gasteiger partial charge in [-0.25, -0.2) is 4.79 Å². The molecule has 1 heterocycles. The molecule has 0 saturated carbocycles. The Balaban J connectivity index is 2.06. The number of rotatable bonds is 4. The lowest BCUT2D eigenvalue weighted by molar-refractivity contribution is 0.0656. The van der Waals surface area contributed by atoms with Crippen LogP contribution in [0.15, 0.2) is 39.8 Å². The molecule has 0 unspecified atom stereocenters. The molecule has 1 aromatic heterocycles. The number of carbonyl (C=O) groups is 1. The molecule has 0 atom stereocenters. The van der Waals surface area contributed by atoms with Crippen molar-refractivity contribution < 1.29 is 14.3 Å². The summed E-state index contributed by atoms with van der Waals surface area (Å²) in [6.07, 6.45) is 0. The van der Waals surface area contributed by atoms with Crippen LogP contribution in [-0.4, -0.2) is 11.1 Å². The Morgan fingerprint density at radius 2 is 2.06 bits per heavy atom. The van der Waals surface area contributed by atoms with E-state index in [2.05, 4.69) is 32.0 Å². The first-order chi connectivity index (χ1) is 8.56. The predicted octanol–water partition coefficient (Wildman–Crippen LogP) is 3.89. The van der Waals surface area contributed by atoms with Gasteiger partial charge in [0.25, 0.3) is 0 Å². The van der Waals surface area contributed by atoms with Crippen LogP contribution in [0.1, 0.15) is 27.2 Å². The molecule has 3 nitrogen and oxygen atoms in total. The van der Waals surface area contributed by atoms with E-state index in [1.54, 1.807) is 6.07 Å². The summed E-state index contributed by atoms with van der Waals surface area (Å²) in [5.41, 5.74) is 3.70. The molecule has 0 aliphatic heterocycles. The van der Waals surface area contributed by atoms with Crippen LogP contribution in [0.3, 0.4) is 0 Å². The number of aryl methyl sites for hydroxylation is 2. The van der Waals surface area contributed by atoms with Crippen LogP contribution in [0.2, 0.25) is 0 Å². The number of benzene rings is 1. The van der Waals surface area contributed by atoms with E-state index >= 15 is 0 Å². The lowest BCUT2D eigenvalue weighted by Gasteiger charge is -2.05. The number of aromatic carboxylic acids is 1. The largest absolute Gasteiger partial charge is 0.475 e. The van der Waals surface area contributed by atoms with Crippen molar-refractivity contribution >= 4 is 17.7 Å². The zero-order valence-electron chi connectivity index (χ0n) is 10.3. The molecule has 1 N–H and O–H groups in total. The molecule has 0 bridgehead atoms. The second-order valence-corrected chi connectivity index (χ2v) is 5.12. The summed E-state index contributed by atoms with van der Waals surface area (Å²) in [6.45, 7) is 4.13. The van der Waals surface area contributed by atoms with Gasteiger partial charge < -0.3 is 9.52 Å². The van der Waals surface area contributed by atoms with Gasteiger partial charge in [-0.3, -0.25) is 0 Å². The topological polar surface area (TPSA) is 50.4 Å². The SMILES string of the molecule is Cc1ccc(C)c(CSc2ccc(C(=O)O)o2)c1. The smallest absolute Gasteiger partial charge is 0.371 e. The van der Waals surface area contributed by atoms with Crippen molar-refractivity contribution in [1.29, 1.82) is 0 Å². The maximum absolute atomic E-state index is 10.7. The van der Waals surface area contributed by atoms with E-state index in [9.17, 15) is 4.79 Å². The number of carboxylic acid groups (broad SMARTS) is 1. The van der Waals surface area contributed by atoms with E-state index in [4.69, 9.17) is 9.52 Å². The Morgan fingerprint density at radius 1 is 1.28 bits per heavy atom. The zero-order valence-corrected chi connectivity index (χ0v) is 11.1. The summed E-state index contributed by atoms with van der Waals surface area (Å²) < 4.78 is 5.20. The number of hydrogen-bond acceptors (Lipinski definition) is 3.